The van der Waals surface area contributed by atoms with Gasteiger partial charge in [-0.1, -0.05) is 25.0 Å². The van der Waals surface area contributed by atoms with Crippen molar-refractivity contribution >= 4 is 11.6 Å². The number of carbonyl (C=O) groups excluding carboxylic acids is 1. The molecule has 0 radical (unpaired) electrons. The van der Waals surface area contributed by atoms with Crippen molar-refractivity contribution in [3.05, 3.63) is 72.6 Å². The number of rotatable bonds is 7. The molecule has 2 aromatic carbocycles. The Morgan fingerprint density at radius 1 is 1.17 bits per heavy atom. The molecule has 1 amide bonds. The minimum absolute atomic E-state index is 0.139. The standard InChI is InChI=1S/C24H28N4O2/c1-27(18-19-7-5-8-21(17-19)28-16-6-15-25-28)23(29)24(13-3-4-14-24)26-20-9-11-22(30-2)12-10-20/h5-12,15-17,26H,3-4,13-14,18H2,1-2H3. The zero-order chi connectivity index (χ0) is 21.0. The van der Waals surface area contributed by atoms with Gasteiger partial charge >= 0.3 is 0 Å². The highest BCUT2D eigenvalue weighted by Crippen LogP contribution is 2.35. The fourth-order valence-electron chi connectivity index (χ4n) is 4.25. The lowest BCUT2D eigenvalue weighted by molar-refractivity contribution is -0.135. The van der Waals surface area contributed by atoms with Crippen LogP contribution in [0.15, 0.2) is 67.0 Å². The maximum absolute atomic E-state index is 13.5. The summed E-state index contributed by atoms with van der Waals surface area (Å²) in [6, 6.07) is 17.8. The molecule has 4 rings (SSSR count). The van der Waals surface area contributed by atoms with Crippen molar-refractivity contribution in [2.75, 3.05) is 19.5 Å². The lowest BCUT2D eigenvalue weighted by Gasteiger charge is -2.34. The Hall–Kier alpha value is -3.28. The van der Waals surface area contributed by atoms with Crippen LogP contribution in [-0.2, 0) is 11.3 Å². The largest absolute Gasteiger partial charge is 0.497 e. The van der Waals surface area contributed by atoms with Crippen LogP contribution < -0.4 is 10.1 Å². The number of ether oxygens (including phenoxy) is 1. The van der Waals surface area contributed by atoms with Crippen LogP contribution >= 0.6 is 0 Å². The highest BCUT2D eigenvalue weighted by atomic mass is 16.5. The Kier molecular flexibility index (Phi) is 5.74. The summed E-state index contributed by atoms with van der Waals surface area (Å²) < 4.78 is 7.07. The minimum Gasteiger partial charge on any atom is -0.497 e. The maximum Gasteiger partial charge on any atom is 0.248 e. The number of anilines is 1. The van der Waals surface area contributed by atoms with E-state index in [0.29, 0.717) is 6.54 Å². The first-order valence-corrected chi connectivity index (χ1v) is 10.4. The third-order valence-corrected chi connectivity index (χ3v) is 5.79. The molecule has 0 unspecified atom stereocenters. The van der Waals surface area contributed by atoms with Gasteiger partial charge in [-0.3, -0.25) is 4.79 Å². The maximum atomic E-state index is 13.5. The molecule has 0 bridgehead atoms. The number of methoxy groups -OCH3 is 1. The van der Waals surface area contributed by atoms with Gasteiger partial charge < -0.3 is 15.0 Å². The zero-order valence-electron chi connectivity index (χ0n) is 17.5. The second-order valence-corrected chi connectivity index (χ2v) is 7.92. The quantitative estimate of drug-likeness (QED) is 0.639. The van der Waals surface area contributed by atoms with Crippen molar-refractivity contribution in [3.8, 4) is 11.4 Å². The van der Waals surface area contributed by atoms with Crippen LogP contribution in [0.1, 0.15) is 31.2 Å². The van der Waals surface area contributed by atoms with Crippen LogP contribution in [0.4, 0.5) is 5.69 Å². The fourth-order valence-corrected chi connectivity index (χ4v) is 4.25. The van der Waals surface area contributed by atoms with Gasteiger partial charge in [0.05, 0.1) is 12.8 Å². The molecule has 1 aliphatic rings. The van der Waals surface area contributed by atoms with E-state index in [1.54, 1.807) is 13.3 Å². The molecule has 1 N–H and O–H groups in total. The van der Waals surface area contributed by atoms with Gasteiger partial charge in [0.1, 0.15) is 11.3 Å². The number of nitrogens with zero attached hydrogens (tertiary/aromatic N) is 3. The molecule has 1 aliphatic carbocycles. The molecular weight excluding hydrogens is 376 g/mol. The van der Waals surface area contributed by atoms with E-state index in [4.69, 9.17) is 4.74 Å². The lowest BCUT2D eigenvalue weighted by Crippen LogP contribution is -2.51. The van der Waals surface area contributed by atoms with Gasteiger partial charge in [-0.15, -0.1) is 0 Å². The summed E-state index contributed by atoms with van der Waals surface area (Å²) in [4.78, 5) is 15.4. The highest BCUT2D eigenvalue weighted by Gasteiger charge is 2.42. The number of benzene rings is 2. The molecule has 0 atom stereocenters. The average molecular weight is 405 g/mol. The Balaban J connectivity index is 1.50. The lowest BCUT2D eigenvalue weighted by atomic mass is 9.94. The van der Waals surface area contributed by atoms with Gasteiger partial charge in [0.15, 0.2) is 0 Å². The Bertz CT molecular complexity index is 977. The average Bonchev–Trinajstić information content (AvgIpc) is 3.47. The van der Waals surface area contributed by atoms with E-state index in [-0.39, 0.29) is 5.91 Å². The minimum atomic E-state index is -0.553. The van der Waals surface area contributed by atoms with Crippen LogP contribution in [0, 0.1) is 0 Å². The van der Waals surface area contributed by atoms with Gasteiger partial charge in [-0.2, -0.15) is 5.10 Å². The molecule has 6 heteroatoms. The van der Waals surface area contributed by atoms with Crippen LogP contribution in [0.5, 0.6) is 5.75 Å². The predicted molar refractivity (Wildman–Crippen MR) is 118 cm³/mol. The molecule has 1 fully saturated rings. The van der Waals surface area contributed by atoms with Crippen LogP contribution in [0.3, 0.4) is 0 Å². The van der Waals surface area contributed by atoms with Crippen molar-refractivity contribution < 1.29 is 9.53 Å². The van der Waals surface area contributed by atoms with Gasteiger partial charge in [0.25, 0.3) is 0 Å². The Morgan fingerprint density at radius 2 is 1.93 bits per heavy atom. The smallest absolute Gasteiger partial charge is 0.248 e. The summed E-state index contributed by atoms with van der Waals surface area (Å²) in [5.74, 6) is 0.946. The van der Waals surface area contributed by atoms with Gasteiger partial charge in [-0.05, 0) is 60.9 Å². The van der Waals surface area contributed by atoms with E-state index in [1.807, 2.05) is 65.3 Å². The monoisotopic (exact) mass is 404 g/mol. The SMILES string of the molecule is COc1ccc(NC2(C(=O)N(C)Cc3cccc(-n4cccn4)c3)CCCC2)cc1. The molecule has 1 aromatic heterocycles. The molecule has 1 heterocycles. The van der Waals surface area contributed by atoms with Crippen LogP contribution in [0.25, 0.3) is 5.69 Å². The summed E-state index contributed by atoms with van der Waals surface area (Å²) in [6.45, 7) is 0.556. The van der Waals surface area contributed by atoms with E-state index < -0.39 is 5.54 Å². The third kappa shape index (κ3) is 4.17. The van der Waals surface area contributed by atoms with E-state index in [2.05, 4.69) is 22.5 Å². The molecule has 30 heavy (non-hydrogen) atoms. The van der Waals surface area contributed by atoms with Crippen molar-refractivity contribution in [2.24, 2.45) is 0 Å². The molecule has 0 aliphatic heterocycles. The van der Waals surface area contributed by atoms with E-state index in [1.165, 1.54) is 0 Å². The van der Waals surface area contributed by atoms with Crippen LogP contribution in [0.2, 0.25) is 0 Å². The molecule has 3 aromatic rings. The van der Waals surface area contributed by atoms with Crippen molar-refractivity contribution in [1.29, 1.82) is 0 Å². The molecular formula is C24H28N4O2. The predicted octanol–water partition coefficient (Wildman–Crippen LogP) is 4.26. The zero-order valence-corrected chi connectivity index (χ0v) is 17.5. The summed E-state index contributed by atoms with van der Waals surface area (Å²) in [6.07, 6.45) is 7.47. The number of nitrogens with one attached hydrogen (secondary N) is 1. The first kappa shape index (κ1) is 20.0. The Morgan fingerprint density at radius 3 is 2.60 bits per heavy atom. The fraction of sp³-hybridized carbons (Fsp3) is 0.333. The summed E-state index contributed by atoms with van der Waals surface area (Å²) in [7, 11) is 3.54. The number of amides is 1. The van der Waals surface area contributed by atoms with Crippen molar-refractivity contribution in [2.45, 2.75) is 37.8 Å². The van der Waals surface area contributed by atoms with Crippen molar-refractivity contribution in [1.82, 2.24) is 14.7 Å². The van der Waals surface area contributed by atoms with E-state index in [9.17, 15) is 4.79 Å². The Labute approximate surface area is 177 Å². The van der Waals surface area contributed by atoms with Gasteiger partial charge in [-0.25, -0.2) is 4.68 Å². The topological polar surface area (TPSA) is 59.4 Å². The number of carbonyl (C=O) groups is 1. The first-order valence-electron chi connectivity index (χ1n) is 10.4. The number of hydrogen-bond acceptors (Lipinski definition) is 4. The molecule has 6 nitrogen and oxygen atoms in total. The van der Waals surface area contributed by atoms with E-state index in [0.717, 1.165) is 48.4 Å². The first-order chi connectivity index (χ1) is 14.6. The second kappa shape index (κ2) is 8.61. The summed E-state index contributed by atoms with van der Waals surface area (Å²) in [5, 5.41) is 7.84. The molecule has 156 valence electrons. The summed E-state index contributed by atoms with van der Waals surface area (Å²) >= 11 is 0. The summed E-state index contributed by atoms with van der Waals surface area (Å²) in [5.41, 5.74) is 2.46. The second-order valence-electron chi connectivity index (χ2n) is 7.92. The normalized spacial score (nSPS) is 15.0. The number of likely N-dealkylation sites (N-methyl/N-ethyl adjacent to an activating group) is 1. The van der Waals surface area contributed by atoms with Crippen LogP contribution in [-0.4, -0.2) is 40.3 Å². The number of aromatic nitrogens is 2. The highest BCUT2D eigenvalue weighted by molar-refractivity contribution is 5.89. The number of hydrogen-bond donors (Lipinski definition) is 1. The molecule has 0 spiro atoms. The molecule has 1 saturated carbocycles. The van der Waals surface area contributed by atoms with Gasteiger partial charge in [0.2, 0.25) is 5.91 Å². The molecule has 0 saturated heterocycles. The van der Waals surface area contributed by atoms with E-state index >= 15 is 0 Å². The van der Waals surface area contributed by atoms with Gasteiger partial charge in [0, 0.05) is 31.7 Å². The third-order valence-electron chi connectivity index (χ3n) is 5.79. The van der Waals surface area contributed by atoms with Crippen molar-refractivity contribution in [3.63, 3.8) is 0 Å².